The number of ether oxygens (including phenoxy) is 1. The van der Waals surface area contributed by atoms with E-state index in [2.05, 4.69) is 53.4 Å². The predicted molar refractivity (Wildman–Crippen MR) is 109 cm³/mol. The van der Waals surface area contributed by atoms with Crippen LogP contribution in [0.1, 0.15) is 21.7 Å². The fraction of sp³-hybridized carbons (Fsp3) is 0.190. The number of hydrazine groups is 1. The van der Waals surface area contributed by atoms with Crippen LogP contribution >= 0.6 is 0 Å². The summed E-state index contributed by atoms with van der Waals surface area (Å²) in [7, 11) is 3.13. The Hall–Kier alpha value is -3.25. The van der Waals surface area contributed by atoms with Crippen LogP contribution in [-0.2, 0) is 4.74 Å². The van der Waals surface area contributed by atoms with Crippen LogP contribution in [0, 0.1) is 13.8 Å². The number of esters is 1. The molecular formula is C21H24N4O2. The first kappa shape index (κ1) is 18.5. The van der Waals surface area contributed by atoms with Gasteiger partial charge in [-0.05, 0) is 61.4 Å². The highest BCUT2D eigenvalue weighted by molar-refractivity contribution is 6.01. The van der Waals surface area contributed by atoms with Gasteiger partial charge >= 0.3 is 5.97 Å². The highest BCUT2D eigenvalue weighted by Crippen LogP contribution is 2.33. The first-order valence-electron chi connectivity index (χ1n) is 8.66. The molecule has 0 unspecified atom stereocenters. The van der Waals surface area contributed by atoms with Gasteiger partial charge in [-0.15, -0.1) is 0 Å². The van der Waals surface area contributed by atoms with Crippen LogP contribution in [0.5, 0.6) is 0 Å². The van der Waals surface area contributed by atoms with Crippen molar-refractivity contribution in [1.82, 2.24) is 4.57 Å². The fourth-order valence-electron chi connectivity index (χ4n) is 3.31. The van der Waals surface area contributed by atoms with E-state index in [1.54, 1.807) is 13.1 Å². The average Bonchev–Trinajstić information content (AvgIpc) is 3.04. The van der Waals surface area contributed by atoms with E-state index < -0.39 is 5.97 Å². The summed E-state index contributed by atoms with van der Waals surface area (Å²) in [6, 6.07) is 16.2. The van der Waals surface area contributed by atoms with Crippen molar-refractivity contribution in [2.75, 3.05) is 24.9 Å². The molecule has 1 aromatic heterocycles. The summed E-state index contributed by atoms with van der Waals surface area (Å²) >= 11 is 0. The van der Waals surface area contributed by atoms with Crippen LogP contribution in [0.25, 0.3) is 16.8 Å². The quantitative estimate of drug-likeness (QED) is 0.364. The predicted octanol–water partition coefficient (Wildman–Crippen LogP) is 3.88. The molecular weight excluding hydrogens is 340 g/mol. The van der Waals surface area contributed by atoms with Crippen LogP contribution in [0.4, 0.5) is 11.4 Å². The summed E-state index contributed by atoms with van der Waals surface area (Å²) in [6.45, 7) is 4.17. The molecule has 0 atom stereocenters. The van der Waals surface area contributed by atoms with Crippen molar-refractivity contribution >= 4 is 17.3 Å². The highest BCUT2D eigenvalue weighted by atomic mass is 16.5. The number of hydrogen-bond donors (Lipinski definition) is 3. The molecule has 0 aliphatic carbocycles. The van der Waals surface area contributed by atoms with E-state index in [4.69, 9.17) is 10.6 Å². The highest BCUT2D eigenvalue weighted by Gasteiger charge is 2.17. The zero-order chi connectivity index (χ0) is 19.6. The third-order valence-electron chi connectivity index (χ3n) is 4.69. The van der Waals surface area contributed by atoms with Crippen molar-refractivity contribution in [3.8, 4) is 16.8 Å². The van der Waals surface area contributed by atoms with Gasteiger partial charge in [-0.2, -0.15) is 0 Å². The summed E-state index contributed by atoms with van der Waals surface area (Å²) in [5, 5.41) is 3.07. The van der Waals surface area contributed by atoms with Gasteiger partial charge in [-0.3, -0.25) is 5.84 Å². The lowest BCUT2D eigenvalue weighted by molar-refractivity contribution is 0.0602. The van der Waals surface area contributed by atoms with Crippen LogP contribution in [-0.4, -0.2) is 24.7 Å². The molecule has 4 N–H and O–H groups in total. The van der Waals surface area contributed by atoms with Crippen LogP contribution < -0.4 is 16.6 Å². The molecule has 6 heteroatoms. The molecule has 0 aliphatic rings. The lowest BCUT2D eigenvalue weighted by atomic mass is 10.00. The molecule has 0 fully saturated rings. The first-order chi connectivity index (χ1) is 13.0. The molecule has 0 aliphatic heterocycles. The van der Waals surface area contributed by atoms with Gasteiger partial charge in [0.2, 0.25) is 0 Å². The van der Waals surface area contributed by atoms with Gasteiger partial charge in [0.1, 0.15) is 0 Å². The second-order valence-electron chi connectivity index (χ2n) is 6.33. The number of nitrogens with one attached hydrogen (secondary N) is 2. The summed E-state index contributed by atoms with van der Waals surface area (Å²) in [5.74, 6) is 5.16. The minimum atomic E-state index is -0.448. The SMILES string of the molecule is CNc1cc(-c2ccc(-n3c(C)ccc3C)cc2)cc(C(=O)OC)c1NN. The number of nitrogens with two attached hydrogens (primary N) is 1. The number of carbonyl (C=O) groups is 1. The molecule has 0 amide bonds. The maximum atomic E-state index is 12.2. The van der Waals surface area contributed by atoms with E-state index >= 15 is 0 Å². The van der Waals surface area contributed by atoms with Gasteiger partial charge < -0.3 is 20.0 Å². The van der Waals surface area contributed by atoms with E-state index in [9.17, 15) is 4.79 Å². The van der Waals surface area contributed by atoms with Crippen LogP contribution in [0.15, 0.2) is 48.5 Å². The van der Waals surface area contributed by atoms with Gasteiger partial charge in [0.15, 0.2) is 0 Å². The van der Waals surface area contributed by atoms with Gasteiger partial charge in [-0.25, -0.2) is 4.79 Å². The maximum absolute atomic E-state index is 12.2. The molecule has 0 radical (unpaired) electrons. The Bertz CT molecular complexity index is 955. The number of carbonyl (C=O) groups excluding carboxylic acids is 1. The van der Waals surface area contributed by atoms with E-state index in [0.717, 1.165) is 22.5 Å². The Morgan fingerprint density at radius 2 is 1.63 bits per heavy atom. The lowest BCUT2D eigenvalue weighted by Gasteiger charge is -2.16. The Morgan fingerprint density at radius 3 is 2.15 bits per heavy atom. The largest absolute Gasteiger partial charge is 0.465 e. The lowest BCUT2D eigenvalue weighted by Crippen LogP contribution is -2.15. The topological polar surface area (TPSA) is 81.3 Å². The molecule has 3 aromatic rings. The van der Waals surface area contributed by atoms with Gasteiger partial charge in [-0.1, -0.05) is 12.1 Å². The minimum Gasteiger partial charge on any atom is -0.465 e. The Balaban J connectivity index is 2.07. The molecule has 6 nitrogen and oxygen atoms in total. The number of rotatable bonds is 5. The number of aryl methyl sites for hydroxylation is 2. The normalized spacial score (nSPS) is 10.6. The molecule has 0 saturated heterocycles. The summed E-state index contributed by atoms with van der Waals surface area (Å²) in [6.07, 6.45) is 0. The Kier molecular flexibility index (Phi) is 5.19. The van der Waals surface area contributed by atoms with E-state index in [1.165, 1.54) is 18.5 Å². The molecule has 0 bridgehead atoms. The summed E-state index contributed by atoms with van der Waals surface area (Å²) in [4.78, 5) is 12.2. The third kappa shape index (κ3) is 3.39. The van der Waals surface area contributed by atoms with Gasteiger partial charge in [0.05, 0.1) is 24.0 Å². The van der Waals surface area contributed by atoms with Crippen molar-refractivity contribution in [3.05, 3.63) is 65.5 Å². The summed E-state index contributed by atoms with van der Waals surface area (Å²) in [5.41, 5.74) is 9.54. The van der Waals surface area contributed by atoms with Crippen LogP contribution in [0.3, 0.4) is 0 Å². The van der Waals surface area contributed by atoms with Crippen LogP contribution in [0.2, 0.25) is 0 Å². The minimum absolute atomic E-state index is 0.378. The molecule has 3 rings (SSSR count). The summed E-state index contributed by atoms with van der Waals surface area (Å²) < 4.78 is 7.10. The zero-order valence-corrected chi connectivity index (χ0v) is 16.0. The van der Waals surface area contributed by atoms with E-state index in [-0.39, 0.29) is 0 Å². The zero-order valence-electron chi connectivity index (χ0n) is 16.0. The third-order valence-corrected chi connectivity index (χ3v) is 4.69. The standard InChI is InChI=1S/C21H24N4O2/c1-13-5-6-14(2)25(13)17-9-7-15(8-10-17)16-11-18(21(26)27-4)20(24-22)19(12-16)23-3/h5-12,23-24H,22H2,1-4H3. The molecule has 0 spiro atoms. The number of nitrogens with zero attached hydrogens (tertiary/aromatic N) is 1. The molecule has 2 aromatic carbocycles. The molecule has 27 heavy (non-hydrogen) atoms. The monoisotopic (exact) mass is 364 g/mol. The second kappa shape index (κ2) is 7.55. The van der Waals surface area contributed by atoms with E-state index in [0.29, 0.717) is 11.3 Å². The van der Waals surface area contributed by atoms with Gasteiger partial charge in [0.25, 0.3) is 0 Å². The van der Waals surface area contributed by atoms with Gasteiger partial charge in [0, 0.05) is 24.1 Å². The number of nitrogen functional groups attached to an aromatic ring is 1. The Labute approximate surface area is 158 Å². The van der Waals surface area contributed by atoms with Crippen molar-refractivity contribution < 1.29 is 9.53 Å². The first-order valence-corrected chi connectivity index (χ1v) is 8.66. The molecule has 140 valence electrons. The molecule has 1 heterocycles. The number of anilines is 2. The van der Waals surface area contributed by atoms with Crippen molar-refractivity contribution in [2.45, 2.75) is 13.8 Å². The average molecular weight is 364 g/mol. The number of aromatic nitrogens is 1. The maximum Gasteiger partial charge on any atom is 0.340 e. The number of hydrogen-bond acceptors (Lipinski definition) is 5. The van der Waals surface area contributed by atoms with Crippen molar-refractivity contribution in [1.29, 1.82) is 0 Å². The van der Waals surface area contributed by atoms with Crippen molar-refractivity contribution in [2.24, 2.45) is 5.84 Å². The van der Waals surface area contributed by atoms with Crippen molar-refractivity contribution in [3.63, 3.8) is 0 Å². The van der Waals surface area contributed by atoms with E-state index in [1.807, 2.05) is 18.2 Å². The number of benzene rings is 2. The second-order valence-corrected chi connectivity index (χ2v) is 6.33. The molecule has 0 saturated carbocycles. The number of methoxy groups -OCH3 is 1. The smallest absolute Gasteiger partial charge is 0.340 e. The Morgan fingerprint density at radius 1 is 1.00 bits per heavy atom. The fourth-order valence-corrected chi connectivity index (χ4v) is 3.31.